The van der Waals surface area contributed by atoms with Crippen LogP contribution >= 0.6 is 11.3 Å². The number of nitrogens with one attached hydrogen (secondary N) is 1. The molecule has 2 heterocycles. The Morgan fingerprint density at radius 1 is 1.05 bits per heavy atom. The fourth-order valence-electron chi connectivity index (χ4n) is 2.21. The van der Waals surface area contributed by atoms with Crippen LogP contribution in [-0.4, -0.2) is 9.97 Å². The quantitative estimate of drug-likeness (QED) is 0.751. The third kappa shape index (κ3) is 2.19. The maximum Gasteiger partial charge on any atom is 0.142 e. The zero-order chi connectivity index (χ0) is 13.4. The van der Waals surface area contributed by atoms with Crippen LogP contribution in [0.4, 0.5) is 11.5 Å². The van der Waals surface area contributed by atoms with Gasteiger partial charge in [0, 0.05) is 10.6 Å². The van der Waals surface area contributed by atoms with Crippen LogP contribution in [0.15, 0.2) is 30.6 Å². The maximum absolute atomic E-state index is 4.38. The first kappa shape index (κ1) is 12.1. The monoisotopic (exact) mass is 269 g/mol. The highest BCUT2D eigenvalue weighted by molar-refractivity contribution is 7.18. The van der Waals surface area contributed by atoms with Gasteiger partial charge in [0.05, 0.1) is 5.39 Å². The van der Waals surface area contributed by atoms with Crippen LogP contribution in [-0.2, 0) is 0 Å². The summed E-state index contributed by atoms with van der Waals surface area (Å²) in [5.41, 5.74) is 3.57. The summed E-state index contributed by atoms with van der Waals surface area (Å²) in [6, 6.07) is 8.41. The topological polar surface area (TPSA) is 37.8 Å². The van der Waals surface area contributed by atoms with Gasteiger partial charge in [0.2, 0.25) is 0 Å². The number of aromatic nitrogens is 2. The number of benzene rings is 1. The van der Waals surface area contributed by atoms with E-state index in [0.717, 1.165) is 21.7 Å². The molecule has 19 heavy (non-hydrogen) atoms. The summed E-state index contributed by atoms with van der Waals surface area (Å²) in [5, 5.41) is 4.54. The molecule has 3 nitrogen and oxygen atoms in total. The van der Waals surface area contributed by atoms with Crippen molar-refractivity contribution in [1.29, 1.82) is 0 Å². The van der Waals surface area contributed by atoms with Gasteiger partial charge in [-0.25, -0.2) is 9.97 Å². The second-order valence-electron chi connectivity index (χ2n) is 4.69. The van der Waals surface area contributed by atoms with Crippen molar-refractivity contribution < 1.29 is 0 Å². The molecule has 0 aliphatic rings. The van der Waals surface area contributed by atoms with Gasteiger partial charge in [0.1, 0.15) is 17.0 Å². The molecule has 1 aromatic carbocycles. The predicted octanol–water partition coefficient (Wildman–Crippen LogP) is 4.36. The predicted molar refractivity (Wildman–Crippen MR) is 81.4 cm³/mol. The van der Waals surface area contributed by atoms with E-state index < -0.39 is 0 Å². The second kappa shape index (κ2) is 4.63. The van der Waals surface area contributed by atoms with E-state index in [1.807, 2.05) is 0 Å². The second-order valence-corrected chi connectivity index (χ2v) is 5.92. The standard InChI is InChI=1S/C15H15N3S/c1-9-5-4-6-10(2)13(9)18-14-12-7-11(3)19-15(12)17-8-16-14/h4-8H,1-3H3,(H,16,17,18). The fraction of sp³-hybridized carbons (Fsp3) is 0.200. The first-order valence-corrected chi connectivity index (χ1v) is 7.01. The van der Waals surface area contributed by atoms with Crippen LogP contribution in [0.3, 0.4) is 0 Å². The summed E-state index contributed by atoms with van der Waals surface area (Å²) in [5.74, 6) is 0.881. The molecule has 0 unspecified atom stereocenters. The van der Waals surface area contributed by atoms with Crippen LogP contribution in [0.2, 0.25) is 0 Å². The van der Waals surface area contributed by atoms with Crippen molar-refractivity contribution in [2.24, 2.45) is 0 Å². The molecule has 0 saturated heterocycles. The third-order valence-electron chi connectivity index (χ3n) is 3.18. The Labute approximate surface area is 116 Å². The Balaban J connectivity index is 2.11. The number of anilines is 2. The zero-order valence-corrected chi connectivity index (χ0v) is 12.0. The smallest absolute Gasteiger partial charge is 0.142 e. The average molecular weight is 269 g/mol. The van der Waals surface area contributed by atoms with Gasteiger partial charge in [-0.05, 0) is 38.0 Å². The van der Waals surface area contributed by atoms with Crippen molar-refractivity contribution in [3.63, 3.8) is 0 Å². The van der Waals surface area contributed by atoms with Crippen LogP contribution in [0.25, 0.3) is 10.2 Å². The molecule has 0 fully saturated rings. The van der Waals surface area contributed by atoms with Gasteiger partial charge in [-0.2, -0.15) is 0 Å². The van der Waals surface area contributed by atoms with E-state index in [1.165, 1.54) is 16.0 Å². The van der Waals surface area contributed by atoms with E-state index in [4.69, 9.17) is 0 Å². The van der Waals surface area contributed by atoms with Crippen molar-refractivity contribution in [3.8, 4) is 0 Å². The van der Waals surface area contributed by atoms with Gasteiger partial charge in [-0.1, -0.05) is 18.2 Å². The average Bonchev–Trinajstić information content (AvgIpc) is 2.75. The van der Waals surface area contributed by atoms with Gasteiger partial charge in [0.25, 0.3) is 0 Å². The lowest BCUT2D eigenvalue weighted by Crippen LogP contribution is -1.98. The molecule has 1 N–H and O–H groups in total. The lowest BCUT2D eigenvalue weighted by Gasteiger charge is -2.12. The largest absolute Gasteiger partial charge is 0.339 e. The van der Waals surface area contributed by atoms with Gasteiger partial charge in [-0.15, -0.1) is 11.3 Å². The van der Waals surface area contributed by atoms with Crippen molar-refractivity contribution in [2.45, 2.75) is 20.8 Å². The molecule has 2 aromatic heterocycles. The molecule has 0 aliphatic heterocycles. The first-order valence-electron chi connectivity index (χ1n) is 6.19. The highest BCUT2D eigenvalue weighted by Gasteiger charge is 2.09. The van der Waals surface area contributed by atoms with Gasteiger partial charge >= 0.3 is 0 Å². The lowest BCUT2D eigenvalue weighted by molar-refractivity contribution is 1.22. The van der Waals surface area contributed by atoms with Crippen molar-refractivity contribution in [3.05, 3.63) is 46.6 Å². The number of aryl methyl sites for hydroxylation is 3. The number of rotatable bonds is 2. The van der Waals surface area contributed by atoms with Crippen LogP contribution in [0, 0.1) is 20.8 Å². The Bertz CT molecular complexity index is 726. The molecule has 0 spiro atoms. The van der Waals surface area contributed by atoms with Crippen molar-refractivity contribution in [2.75, 3.05) is 5.32 Å². The summed E-state index contributed by atoms with van der Waals surface area (Å²) in [7, 11) is 0. The summed E-state index contributed by atoms with van der Waals surface area (Å²) in [4.78, 5) is 11.0. The molecule has 3 rings (SSSR count). The molecule has 0 amide bonds. The molecule has 0 bridgehead atoms. The normalized spacial score (nSPS) is 10.9. The number of fused-ring (bicyclic) bond motifs is 1. The van der Waals surface area contributed by atoms with Crippen LogP contribution in [0.5, 0.6) is 0 Å². The Morgan fingerprint density at radius 3 is 2.53 bits per heavy atom. The fourth-order valence-corrected chi connectivity index (χ4v) is 3.05. The summed E-state index contributed by atoms with van der Waals surface area (Å²) in [6.07, 6.45) is 1.62. The highest BCUT2D eigenvalue weighted by atomic mass is 32.1. The van der Waals surface area contributed by atoms with E-state index in [1.54, 1.807) is 17.7 Å². The summed E-state index contributed by atoms with van der Waals surface area (Å²) < 4.78 is 0. The van der Waals surface area contributed by atoms with E-state index in [9.17, 15) is 0 Å². The minimum absolute atomic E-state index is 0.881. The SMILES string of the molecule is Cc1cc2c(Nc3c(C)cccc3C)ncnc2s1. The minimum atomic E-state index is 0.881. The first-order chi connectivity index (χ1) is 9.15. The number of nitrogens with zero attached hydrogens (tertiary/aromatic N) is 2. The Morgan fingerprint density at radius 2 is 1.79 bits per heavy atom. The van der Waals surface area contributed by atoms with Crippen molar-refractivity contribution >= 4 is 33.1 Å². The molecule has 0 radical (unpaired) electrons. The molecule has 4 heteroatoms. The highest BCUT2D eigenvalue weighted by Crippen LogP contribution is 2.31. The Hall–Kier alpha value is -1.94. The van der Waals surface area contributed by atoms with E-state index >= 15 is 0 Å². The summed E-state index contributed by atoms with van der Waals surface area (Å²) >= 11 is 1.69. The Kier molecular flexibility index (Phi) is 2.95. The maximum atomic E-state index is 4.38. The molecule has 0 atom stereocenters. The zero-order valence-electron chi connectivity index (χ0n) is 11.2. The van der Waals surface area contributed by atoms with Crippen LogP contribution in [0.1, 0.15) is 16.0 Å². The molecular weight excluding hydrogens is 254 g/mol. The number of para-hydroxylation sites is 1. The summed E-state index contributed by atoms with van der Waals surface area (Å²) in [6.45, 7) is 6.30. The third-order valence-corrected chi connectivity index (χ3v) is 4.14. The van der Waals surface area contributed by atoms with E-state index in [2.05, 4.69) is 60.3 Å². The minimum Gasteiger partial charge on any atom is -0.339 e. The number of thiophene rings is 1. The number of hydrogen-bond donors (Lipinski definition) is 1. The molecule has 0 aliphatic carbocycles. The van der Waals surface area contributed by atoms with E-state index in [-0.39, 0.29) is 0 Å². The van der Waals surface area contributed by atoms with Gasteiger partial charge in [-0.3, -0.25) is 0 Å². The van der Waals surface area contributed by atoms with Crippen molar-refractivity contribution in [1.82, 2.24) is 9.97 Å². The van der Waals surface area contributed by atoms with Crippen LogP contribution < -0.4 is 5.32 Å². The van der Waals surface area contributed by atoms with Gasteiger partial charge < -0.3 is 5.32 Å². The molecule has 96 valence electrons. The molecule has 3 aromatic rings. The number of hydrogen-bond acceptors (Lipinski definition) is 4. The molecule has 0 saturated carbocycles. The van der Waals surface area contributed by atoms with Gasteiger partial charge in [0.15, 0.2) is 0 Å². The molecular formula is C15H15N3S. The lowest BCUT2D eigenvalue weighted by atomic mass is 10.1. The van der Waals surface area contributed by atoms with E-state index in [0.29, 0.717) is 0 Å².